The molecule has 0 radical (unpaired) electrons. The summed E-state index contributed by atoms with van der Waals surface area (Å²) in [5, 5.41) is 12.2. The Kier molecular flexibility index (Phi) is 5.25. The van der Waals surface area contributed by atoms with Gasteiger partial charge in [0.1, 0.15) is 0 Å². The van der Waals surface area contributed by atoms with E-state index in [1.165, 1.54) is 5.56 Å². The highest BCUT2D eigenvalue weighted by atomic mass is 35.5. The topological polar surface area (TPSA) is 70.1 Å². The number of nitrogens with one attached hydrogen (secondary N) is 1. The highest BCUT2D eigenvalue weighted by Gasteiger charge is 2.22. The number of halogens is 1. The van der Waals surface area contributed by atoms with Crippen molar-refractivity contribution in [2.45, 2.75) is 6.54 Å². The van der Waals surface area contributed by atoms with Crippen LogP contribution in [0.4, 0.5) is 5.69 Å². The van der Waals surface area contributed by atoms with Crippen molar-refractivity contribution in [2.24, 2.45) is 4.99 Å². The van der Waals surface area contributed by atoms with E-state index in [1.807, 2.05) is 50.5 Å². The molecule has 1 aromatic heterocycles. The number of aromatic hydroxyl groups is 1. The Morgan fingerprint density at radius 2 is 1.81 bits per heavy atom. The average Bonchev–Trinajstić information content (AvgIpc) is 3.35. The average molecular weight is 448 g/mol. The molecular weight excluding hydrogens is 426 g/mol. The predicted molar refractivity (Wildman–Crippen MR) is 127 cm³/mol. The third-order valence-corrected chi connectivity index (χ3v) is 5.53. The van der Waals surface area contributed by atoms with Gasteiger partial charge in [0.25, 0.3) is 0 Å². The van der Waals surface area contributed by atoms with Gasteiger partial charge in [0.2, 0.25) is 6.79 Å². The number of fused-ring (bicyclic) bond motifs is 2. The Morgan fingerprint density at radius 1 is 1.03 bits per heavy atom. The minimum absolute atomic E-state index is 0.0305. The lowest BCUT2D eigenvalue weighted by molar-refractivity contribution is 0.174. The van der Waals surface area contributed by atoms with E-state index in [1.54, 1.807) is 12.1 Å². The maximum Gasteiger partial charge on any atom is 0.231 e. The number of aromatic nitrogens is 1. The van der Waals surface area contributed by atoms with E-state index < -0.39 is 0 Å². The van der Waals surface area contributed by atoms with Gasteiger partial charge in [0, 0.05) is 22.5 Å². The maximum absolute atomic E-state index is 10.8. The number of H-pyrrole nitrogens is 1. The quantitative estimate of drug-likeness (QED) is 0.397. The molecule has 6 nitrogen and oxygen atoms in total. The Labute approximate surface area is 190 Å². The number of ether oxygens (including phenoxy) is 2. The first-order chi connectivity index (χ1) is 15.5. The fourth-order valence-corrected chi connectivity index (χ4v) is 4.05. The molecule has 0 saturated heterocycles. The molecular formula is C25H22ClN3O3. The molecule has 0 atom stereocenters. The van der Waals surface area contributed by atoms with Crippen LogP contribution < -0.4 is 9.47 Å². The monoisotopic (exact) mass is 447 g/mol. The molecule has 4 aromatic rings. The van der Waals surface area contributed by atoms with Crippen LogP contribution in [0, 0.1) is 0 Å². The van der Waals surface area contributed by atoms with E-state index in [-0.39, 0.29) is 12.7 Å². The van der Waals surface area contributed by atoms with Crippen LogP contribution in [0.2, 0.25) is 5.02 Å². The van der Waals surface area contributed by atoms with E-state index in [0.717, 1.165) is 28.7 Å². The van der Waals surface area contributed by atoms with Crippen LogP contribution in [0.25, 0.3) is 10.9 Å². The number of hydrogen-bond donors (Lipinski definition) is 2. The highest BCUT2D eigenvalue weighted by Crippen LogP contribution is 2.37. The van der Waals surface area contributed by atoms with Crippen LogP contribution in [0.5, 0.6) is 17.4 Å². The predicted octanol–water partition coefficient (Wildman–Crippen LogP) is 5.49. The summed E-state index contributed by atoms with van der Waals surface area (Å²) in [6.45, 7) is 1.04. The Morgan fingerprint density at radius 3 is 2.59 bits per heavy atom. The molecule has 7 heteroatoms. The van der Waals surface area contributed by atoms with Crippen LogP contribution in [0.15, 0.2) is 65.7 Å². The van der Waals surface area contributed by atoms with Gasteiger partial charge < -0.3 is 24.5 Å². The van der Waals surface area contributed by atoms with Crippen LogP contribution >= 0.6 is 11.6 Å². The van der Waals surface area contributed by atoms with Crippen molar-refractivity contribution in [1.82, 2.24) is 9.88 Å². The van der Waals surface area contributed by atoms with Gasteiger partial charge in [-0.15, -0.1) is 0 Å². The second kappa shape index (κ2) is 8.22. The number of nitrogens with zero attached hydrogens (tertiary/aromatic N) is 2. The third kappa shape index (κ3) is 3.90. The first kappa shape index (κ1) is 20.4. The van der Waals surface area contributed by atoms with Gasteiger partial charge in [-0.05, 0) is 62.1 Å². The molecule has 1 aliphatic heterocycles. The van der Waals surface area contributed by atoms with Crippen molar-refractivity contribution in [3.8, 4) is 17.4 Å². The van der Waals surface area contributed by atoms with Crippen molar-refractivity contribution in [3.05, 3.63) is 82.4 Å². The van der Waals surface area contributed by atoms with Gasteiger partial charge >= 0.3 is 0 Å². The van der Waals surface area contributed by atoms with Gasteiger partial charge in [0.05, 0.1) is 22.5 Å². The van der Waals surface area contributed by atoms with Crippen LogP contribution in [-0.2, 0) is 6.54 Å². The molecule has 3 aromatic carbocycles. The largest absolute Gasteiger partial charge is 0.494 e. The highest BCUT2D eigenvalue weighted by molar-refractivity contribution is 6.31. The third-order valence-electron chi connectivity index (χ3n) is 5.30. The van der Waals surface area contributed by atoms with E-state index in [4.69, 9.17) is 26.1 Å². The summed E-state index contributed by atoms with van der Waals surface area (Å²) in [6, 6.07) is 19.2. The molecule has 2 N–H and O–H groups in total. The van der Waals surface area contributed by atoms with E-state index >= 15 is 0 Å². The molecule has 162 valence electrons. The van der Waals surface area contributed by atoms with Gasteiger partial charge in [0.15, 0.2) is 17.4 Å². The van der Waals surface area contributed by atoms with Gasteiger partial charge in [-0.25, -0.2) is 4.99 Å². The van der Waals surface area contributed by atoms with Crippen molar-refractivity contribution in [3.63, 3.8) is 0 Å². The number of rotatable bonds is 5. The molecule has 0 amide bonds. The van der Waals surface area contributed by atoms with Crippen molar-refractivity contribution in [1.29, 1.82) is 0 Å². The zero-order valence-electron chi connectivity index (χ0n) is 17.7. The van der Waals surface area contributed by atoms with E-state index in [9.17, 15) is 5.11 Å². The molecule has 0 saturated carbocycles. The lowest BCUT2D eigenvalue weighted by Gasteiger charge is -2.11. The Balaban J connectivity index is 1.67. The molecule has 0 unspecified atom stereocenters. The summed E-state index contributed by atoms with van der Waals surface area (Å²) >= 11 is 6.16. The fourth-order valence-electron chi connectivity index (χ4n) is 3.87. The Bertz CT molecular complexity index is 1330. The zero-order chi connectivity index (χ0) is 22.2. The van der Waals surface area contributed by atoms with Gasteiger partial charge in [-0.1, -0.05) is 29.8 Å². The number of benzene rings is 3. The first-order valence-corrected chi connectivity index (χ1v) is 10.6. The summed E-state index contributed by atoms with van der Waals surface area (Å²) in [7, 11) is 4.08. The minimum Gasteiger partial charge on any atom is -0.494 e. The van der Waals surface area contributed by atoms with E-state index in [2.05, 4.69) is 22.0 Å². The Hall–Kier alpha value is -3.48. The summed E-state index contributed by atoms with van der Waals surface area (Å²) in [6.07, 6.45) is 0. The summed E-state index contributed by atoms with van der Waals surface area (Å²) in [5.41, 5.74) is 4.74. The minimum atomic E-state index is 0.0305. The summed E-state index contributed by atoms with van der Waals surface area (Å²) in [4.78, 5) is 10.1. The van der Waals surface area contributed by atoms with E-state index in [0.29, 0.717) is 27.8 Å². The molecule has 0 aliphatic carbocycles. The van der Waals surface area contributed by atoms with Gasteiger partial charge in [-0.2, -0.15) is 0 Å². The molecule has 2 heterocycles. The fraction of sp³-hybridized carbons (Fsp3) is 0.160. The zero-order valence-corrected chi connectivity index (χ0v) is 18.5. The summed E-state index contributed by atoms with van der Waals surface area (Å²) in [5.74, 6) is 1.37. The van der Waals surface area contributed by atoms with Crippen LogP contribution in [0.3, 0.4) is 0 Å². The number of hydrogen-bond acceptors (Lipinski definition) is 5. The van der Waals surface area contributed by atoms with Crippen molar-refractivity contribution in [2.75, 3.05) is 20.9 Å². The number of aliphatic imine (C=N–C) groups is 1. The normalized spacial score (nSPS) is 13.3. The van der Waals surface area contributed by atoms with Crippen molar-refractivity contribution >= 4 is 33.9 Å². The molecule has 0 bridgehead atoms. The SMILES string of the molecule is CN(C)Cc1ccc(N=C(c2ccc3c(c2)OCO3)c2c(O)[nH]c3cc(Cl)ccc23)cc1. The summed E-state index contributed by atoms with van der Waals surface area (Å²) < 4.78 is 11.0. The molecule has 5 rings (SSSR count). The van der Waals surface area contributed by atoms with Crippen molar-refractivity contribution < 1.29 is 14.6 Å². The standard InChI is InChI=1S/C25H22ClN3O3/c1-29(2)13-15-3-7-18(8-4-15)27-24(16-5-10-21-22(11-16)32-14-31-21)23-19-9-6-17(26)12-20(19)28-25(23)30/h3-12,28,30H,13-14H2,1-2H3. The van der Waals surface area contributed by atoms with Crippen LogP contribution in [0.1, 0.15) is 16.7 Å². The lowest BCUT2D eigenvalue weighted by Crippen LogP contribution is -2.10. The smallest absolute Gasteiger partial charge is 0.231 e. The molecule has 1 aliphatic rings. The molecule has 32 heavy (non-hydrogen) atoms. The molecule has 0 spiro atoms. The maximum atomic E-state index is 10.8. The first-order valence-electron chi connectivity index (χ1n) is 10.2. The second-order valence-corrected chi connectivity index (χ2v) is 8.41. The lowest BCUT2D eigenvalue weighted by atomic mass is 10.00. The molecule has 0 fully saturated rings. The number of aromatic amines is 1. The van der Waals surface area contributed by atoms with Gasteiger partial charge in [-0.3, -0.25) is 0 Å². The second-order valence-electron chi connectivity index (χ2n) is 7.97. The van der Waals surface area contributed by atoms with Crippen LogP contribution in [-0.4, -0.2) is 41.6 Å².